The molecular weight excluding hydrogens is 324 g/mol. The molecule has 0 fully saturated rings. The molecule has 0 unspecified atom stereocenters. The van der Waals surface area contributed by atoms with Gasteiger partial charge in [0.1, 0.15) is 5.76 Å². The van der Waals surface area contributed by atoms with Gasteiger partial charge < -0.3 is 14.5 Å². The van der Waals surface area contributed by atoms with Crippen molar-refractivity contribution in [2.75, 3.05) is 6.61 Å². The van der Waals surface area contributed by atoms with Gasteiger partial charge in [-0.2, -0.15) is 0 Å². The molecule has 1 aliphatic rings. The number of amides is 3. The van der Waals surface area contributed by atoms with E-state index in [1.165, 1.54) is 11.8 Å². The third-order valence-electron chi connectivity index (χ3n) is 3.92. The first kappa shape index (κ1) is 16.8. The highest BCUT2D eigenvalue weighted by molar-refractivity contribution is 5.97. The minimum atomic E-state index is -0.702. The topological polar surface area (TPSA) is 97.6 Å². The molecule has 0 saturated heterocycles. The molecule has 7 heteroatoms. The summed E-state index contributed by atoms with van der Waals surface area (Å²) in [5.41, 5.74) is 2.81. The largest absolute Gasteiger partial charge is 0.467 e. The molecule has 1 heterocycles. The molecule has 0 atom stereocenters. The number of imide groups is 1. The second kappa shape index (κ2) is 7.65. The first-order chi connectivity index (χ1) is 12.1. The van der Waals surface area contributed by atoms with Gasteiger partial charge in [-0.15, -0.1) is 0 Å². The van der Waals surface area contributed by atoms with Crippen LogP contribution in [-0.4, -0.2) is 24.5 Å². The van der Waals surface area contributed by atoms with Crippen molar-refractivity contribution in [2.24, 2.45) is 0 Å². The van der Waals surface area contributed by atoms with Crippen molar-refractivity contribution in [1.29, 1.82) is 0 Å². The number of hydrogen-bond donors (Lipinski definition) is 2. The second-order valence-corrected chi connectivity index (χ2v) is 5.72. The molecule has 3 rings (SSSR count). The highest BCUT2D eigenvalue weighted by Gasteiger charge is 2.16. The van der Waals surface area contributed by atoms with Gasteiger partial charge >= 0.3 is 12.0 Å². The van der Waals surface area contributed by atoms with Gasteiger partial charge in [-0.05, 0) is 54.7 Å². The molecule has 7 nitrogen and oxygen atoms in total. The van der Waals surface area contributed by atoms with E-state index in [-0.39, 0.29) is 6.54 Å². The summed E-state index contributed by atoms with van der Waals surface area (Å²) in [7, 11) is 0. The fraction of sp³-hybridized carbons (Fsp3) is 0.278. The smallest absolute Gasteiger partial charge is 0.338 e. The van der Waals surface area contributed by atoms with E-state index in [1.807, 2.05) is 6.07 Å². The number of furan rings is 1. The normalized spacial score (nSPS) is 12.3. The number of carbonyl (C=O) groups is 3. The fourth-order valence-electron chi connectivity index (χ4n) is 2.70. The highest BCUT2D eigenvalue weighted by Crippen LogP contribution is 2.23. The van der Waals surface area contributed by atoms with Crippen LogP contribution in [0.1, 0.15) is 33.7 Å². The van der Waals surface area contributed by atoms with Crippen LogP contribution < -0.4 is 10.6 Å². The molecule has 2 aromatic rings. The van der Waals surface area contributed by atoms with Crippen LogP contribution in [-0.2, 0) is 28.9 Å². The maximum absolute atomic E-state index is 12.0. The first-order valence-electron chi connectivity index (χ1n) is 8.01. The molecular formula is C18H18N2O5. The average Bonchev–Trinajstić information content (AvgIpc) is 3.28. The number of fused-ring (bicyclic) bond motifs is 1. The predicted octanol–water partition coefficient (Wildman–Crippen LogP) is 1.95. The van der Waals surface area contributed by atoms with E-state index < -0.39 is 24.5 Å². The Labute approximate surface area is 144 Å². The Morgan fingerprint density at radius 1 is 1.12 bits per heavy atom. The van der Waals surface area contributed by atoms with Crippen molar-refractivity contribution >= 4 is 17.9 Å². The summed E-state index contributed by atoms with van der Waals surface area (Å²) in [4.78, 5) is 35.2. The Morgan fingerprint density at radius 2 is 1.96 bits per heavy atom. The third kappa shape index (κ3) is 4.47. The number of esters is 1. The Hall–Kier alpha value is -3.09. The monoisotopic (exact) mass is 342 g/mol. The molecule has 0 saturated carbocycles. The van der Waals surface area contributed by atoms with Crippen molar-refractivity contribution in [2.45, 2.75) is 25.8 Å². The van der Waals surface area contributed by atoms with Crippen LogP contribution in [0.4, 0.5) is 4.79 Å². The van der Waals surface area contributed by atoms with Crippen LogP contribution in [0.25, 0.3) is 0 Å². The van der Waals surface area contributed by atoms with Crippen LogP contribution >= 0.6 is 0 Å². The third-order valence-corrected chi connectivity index (χ3v) is 3.92. The molecule has 1 aromatic carbocycles. The number of rotatable bonds is 5. The molecule has 1 aliphatic carbocycles. The number of urea groups is 1. The summed E-state index contributed by atoms with van der Waals surface area (Å²) in [5, 5.41) is 4.54. The second-order valence-electron chi connectivity index (χ2n) is 5.72. The Morgan fingerprint density at radius 3 is 2.76 bits per heavy atom. The molecule has 2 N–H and O–H groups in total. The van der Waals surface area contributed by atoms with Gasteiger partial charge in [0.15, 0.2) is 6.61 Å². The lowest BCUT2D eigenvalue weighted by Gasteiger charge is -2.07. The number of aryl methyl sites for hydroxylation is 2. The molecule has 3 amide bonds. The summed E-state index contributed by atoms with van der Waals surface area (Å²) < 4.78 is 10.0. The standard InChI is InChI=1S/C18H18N2O5/c21-16(20-18(23)19-10-15-5-2-8-24-15)11-25-17(22)14-7-6-12-3-1-4-13(12)9-14/h2,5-9H,1,3-4,10-11H2,(H2,19,20,21,23). The summed E-state index contributed by atoms with van der Waals surface area (Å²) >= 11 is 0. The molecule has 130 valence electrons. The molecule has 25 heavy (non-hydrogen) atoms. The Bertz CT molecular complexity index is 783. The van der Waals surface area contributed by atoms with Gasteiger partial charge in [0.05, 0.1) is 18.4 Å². The molecule has 0 aliphatic heterocycles. The van der Waals surface area contributed by atoms with Crippen LogP contribution in [0.2, 0.25) is 0 Å². The zero-order valence-electron chi connectivity index (χ0n) is 13.5. The van der Waals surface area contributed by atoms with E-state index in [1.54, 1.807) is 24.3 Å². The summed E-state index contributed by atoms with van der Waals surface area (Å²) in [6.07, 6.45) is 4.55. The van der Waals surface area contributed by atoms with Crippen LogP contribution in [0.15, 0.2) is 41.0 Å². The van der Waals surface area contributed by atoms with E-state index in [0.717, 1.165) is 24.8 Å². The number of benzene rings is 1. The lowest BCUT2D eigenvalue weighted by molar-refractivity contribution is -0.123. The van der Waals surface area contributed by atoms with Gasteiger partial charge in [0.2, 0.25) is 0 Å². The Kier molecular flexibility index (Phi) is 5.13. The predicted molar refractivity (Wildman–Crippen MR) is 87.8 cm³/mol. The minimum Gasteiger partial charge on any atom is -0.467 e. The van der Waals surface area contributed by atoms with Crippen molar-refractivity contribution in [3.8, 4) is 0 Å². The molecule has 0 radical (unpaired) electrons. The number of hydrogen-bond acceptors (Lipinski definition) is 5. The van der Waals surface area contributed by atoms with Crippen molar-refractivity contribution in [3.05, 3.63) is 59.0 Å². The van der Waals surface area contributed by atoms with E-state index in [4.69, 9.17) is 9.15 Å². The van der Waals surface area contributed by atoms with Gasteiger partial charge in [-0.1, -0.05) is 6.07 Å². The fourth-order valence-corrected chi connectivity index (χ4v) is 2.70. The lowest BCUT2D eigenvalue weighted by Crippen LogP contribution is -2.41. The highest BCUT2D eigenvalue weighted by atomic mass is 16.5. The van der Waals surface area contributed by atoms with Crippen molar-refractivity contribution < 1.29 is 23.5 Å². The van der Waals surface area contributed by atoms with Crippen molar-refractivity contribution in [1.82, 2.24) is 10.6 Å². The average molecular weight is 342 g/mol. The quantitative estimate of drug-likeness (QED) is 0.810. The summed E-state index contributed by atoms with van der Waals surface area (Å²) in [6.45, 7) is -0.370. The maximum atomic E-state index is 12.0. The first-order valence-corrected chi connectivity index (χ1v) is 8.01. The van der Waals surface area contributed by atoms with Crippen LogP contribution in [0, 0.1) is 0 Å². The Balaban J connectivity index is 1.42. The summed E-state index contributed by atoms with van der Waals surface area (Å²) in [5.74, 6) is -0.724. The van der Waals surface area contributed by atoms with E-state index in [2.05, 4.69) is 10.6 Å². The van der Waals surface area contributed by atoms with Gasteiger partial charge in [0, 0.05) is 0 Å². The van der Waals surface area contributed by atoms with E-state index >= 15 is 0 Å². The van der Waals surface area contributed by atoms with Crippen LogP contribution in [0.3, 0.4) is 0 Å². The van der Waals surface area contributed by atoms with Crippen LogP contribution in [0.5, 0.6) is 0 Å². The van der Waals surface area contributed by atoms with Gasteiger partial charge in [-0.3, -0.25) is 10.1 Å². The maximum Gasteiger partial charge on any atom is 0.338 e. The van der Waals surface area contributed by atoms with Gasteiger partial charge in [-0.25, -0.2) is 9.59 Å². The molecule has 1 aromatic heterocycles. The lowest BCUT2D eigenvalue weighted by atomic mass is 10.1. The van der Waals surface area contributed by atoms with Gasteiger partial charge in [0.25, 0.3) is 5.91 Å². The number of carbonyl (C=O) groups excluding carboxylic acids is 3. The van der Waals surface area contributed by atoms with Crippen molar-refractivity contribution in [3.63, 3.8) is 0 Å². The van der Waals surface area contributed by atoms with E-state index in [0.29, 0.717) is 11.3 Å². The zero-order valence-corrected chi connectivity index (χ0v) is 13.5. The summed E-state index contributed by atoms with van der Waals surface area (Å²) in [6, 6.07) is 8.12. The number of nitrogens with one attached hydrogen (secondary N) is 2. The molecule has 0 spiro atoms. The SMILES string of the molecule is O=C(COC(=O)c1ccc2c(c1)CCC2)NC(=O)NCc1ccco1. The number of ether oxygens (including phenoxy) is 1. The van der Waals surface area contributed by atoms with E-state index in [9.17, 15) is 14.4 Å². The minimum absolute atomic E-state index is 0.154. The zero-order chi connectivity index (χ0) is 17.6. The molecule has 0 bridgehead atoms.